The molecule has 3 amide bonds. The van der Waals surface area contributed by atoms with Gasteiger partial charge in [0.2, 0.25) is 17.7 Å². The predicted molar refractivity (Wildman–Crippen MR) is 133 cm³/mol. The third-order valence-corrected chi connectivity index (χ3v) is 4.91. The number of carboxylic acid groups (broad SMARTS) is 1. The topological polar surface area (TPSA) is 171 Å². The summed E-state index contributed by atoms with van der Waals surface area (Å²) >= 11 is 0. The van der Waals surface area contributed by atoms with E-state index in [0.29, 0.717) is 17.8 Å². The summed E-state index contributed by atoms with van der Waals surface area (Å²) in [6.45, 7) is 0.539. The van der Waals surface area contributed by atoms with Crippen molar-refractivity contribution < 1.29 is 24.3 Å². The van der Waals surface area contributed by atoms with Crippen LogP contribution in [0.5, 0.6) is 0 Å². The number of aliphatic carboxylic acids is 1. The average molecular weight is 483 g/mol. The number of guanidine groups is 1. The van der Waals surface area contributed by atoms with Crippen LogP contribution in [-0.4, -0.2) is 60.4 Å². The van der Waals surface area contributed by atoms with Crippen molar-refractivity contribution >= 4 is 41.0 Å². The molecular weight excluding hydrogens is 452 g/mol. The van der Waals surface area contributed by atoms with E-state index in [1.165, 1.54) is 11.8 Å². The first kappa shape index (κ1) is 26.8. The van der Waals surface area contributed by atoms with Crippen molar-refractivity contribution in [3.8, 4) is 0 Å². The Labute approximate surface area is 203 Å². The molecule has 2 rings (SSSR count). The fourth-order valence-electron chi connectivity index (χ4n) is 3.39. The number of aliphatic imine (C=N–C) groups is 1. The van der Waals surface area contributed by atoms with Crippen LogP contribution in [0.1, 0.15) is 19.8 Å². The number of nitrogens with two attached hydrogens (primary N) is 2. The summed E-state index contributed by atoms with van der Waals surface area (Å²) in [4.78, 5) is 56.3. The van der Waals surface area contributed by atoms with E-state index in [9.17, 15) is 24.3 Å². The van der Waals surface area contributed by atoms with Gasteiger partial charge in [0, 0.05) is 24.8 Å². The highest BCUT2D eigenvalue weighted by Gasteiger charge is 2.30. The molecule has 186 valence electrons. The van der Waals surface area contributed by atoms with Crippen LogP contribution in [0.3, 0.4) is 0 Å². The van der Waals surface area contributed by atoms with E-state index in [4.69, 9.17) is 11.5 Å². The first-order valence-electron chi connectivity index (χ1n) is 10.9. The molecule has 0 radical (unpaired) electrons. The van der Waals surface area contributed by atoms with Crippen LogP contribution < -0.4 is 26.6 Å². The number of anilines is 2. The lowest BCUT2D eigenvalue weighted by Crippen LogP contribution is -2.52. The van der Waals surface area contributed by atoms with Crippen molar-refractivity contribution in [2.75, 3.05) is 29.4 Å². The monoisotopic (exact) mass is 482 g/mol. The first-order valence-corrected chi connectivity index (χ1v) is 10.9. The molecule has 1 atom stereocenters. The maximum absolute atomic E-state index is 13.6. The Balaban J connectivity index is 2.34. The van der Waals surface area contributed by atoms with Crippen molar-refractivity contribution in [1.82, 2.24) is 5.32 Å². The summed E-state index contributed by atoms with van der Waals surface area (Å²) in [6, 6.07) is 15.9. The van der Waals surface area contributed by atoms with Gasteiger partial charge in [-0.1, -0.05) is 36.4 Å². The zero-order valence-corrected chi connectivity index (χ0v) is 19.5. The Bertz CT molecular complexity index is 1040. The highest BCUT2D eigenvalue weighted by molar-refractivity contribution is 6.07. The molecule has 11 heteroatoms. The zero-order chi connectivity index (χ0) is 25.8. The number of para-hydroxylation sites is 2. The molecule has 0 saturated carbocycles. The lowest BCUT2D eigenvalue weighted by Gasteiger charge is -2.30. The third kappa shape index (κ3) is 8.80. The number of nitrogens with zero attached hydrogens (tertiary/aromatic N) is 3. The molecule has 0 aromatic heterocycles. The van der Waals surface area contributed by atoms with Crippen LogP contribution in [-0.2, 0) is 19.2 Å². The molecule has 0 bridgehead atoms. The Hall–Kier alpha value is -4.41. The quantitative estimate of drug-likeness (QED) is 0.196. The lowest BCUT2D eigenvalue weighted by molar-refractivity contribution is -0.136. The fraction of sp³-hybridized carbons (Fsp3) is 0.292. The Morgan fingerprint density at radius 1 is 0.914 bits per heavy atom. The van der Waals surface area contributed by atoms with Crippen molar-refractivity contribution in [1.29, 1.82) is 0 Å². The van der Waals surface area contributed by atoms with Gasteiger partial charge in [0.15, 0.2) is 5.96 Å². The predicted octanol–water partition coefficient (Wildman–Crippen LogP) is 0.696. The van der Waals surface area contributed by atoms with E-state index in [1.807, 2.05) is 0 Å². The van der Waals surface area contributed by atoms with Crippen LogP contribution in [0.4, 0.5) is 11.4 Å². The Kier molecular flexibility index (Phi) is 10.2. The second-order valence-electron chi connectivity index (χ2n) is 7.67. The van der Waals surface area contributed by atoms with Gasteiger partial charge >= 0.3 is 5.97 Å². The van der Waals surface area contributed by atoms with Crippen LogP contribution in [0.15, 0.2) is 65.7 Å². The molecule has 1 unspecified atom stereocenters. The number of carbonyl (C=O) groups is 4. The summed E-state index contributed by atoms with van der Waals surface area (Å²) in [6.07, 6.45) is 0.630. The lowest BCUT2D eigenvalue weighted by atomic mass is 10.1. The molecule has 0 heterocycles. The van der Waals surface area contributed by atoms with Gasteiger partial charge in [0.1, 0.15) is 19.1 Å². The summed E-state index contributed by atoms with van der Waals surface area (Å²) in [5.41, 5.74) is 11.5. The molecule has 6 N–H and O–H groups in total. The molecule has 2 aromatic carbocycles. The zero-order valence-electron chi connectivity index (χ0n) is 19.5. The van der Waals surface area contributed by atoms with Crippen molar-refractivity contribution in [2.24, 2.45) is 16.5 Å². The second-order valence-corrected chi connectivity index (χ2v) is 7.67. The van der Waals surface area contributed by atoms with Crippen LogP contribution in [0.25, 0.3) is 0 Å². The normalized spacial score (nSPS) is 11.1. The van der Waals surface area contributed by atoms with E-state index in [1.54, 1.807) is 60.7 Å². The molecular formula is C24H30N6O5. The third-order valence-electron chi connectivity index (χ3n) is 4.91. The number of hydrogen-bond donors (Lipinski definition) is 4. The standard InChI is InChI=1S/C24H30N6O5/c1-17(31)28-20(13-8-14-27-24(25)26)23(35)30(19-11-6-3-7-12-19)15-21(32)29(16-22(33)34)18-9-4-2-5-10-18/h2-7,9-12,20H,8,13-16H2,1H3,(H,28,31)(H,33,34)(H4,25,26,27). The SMILES string of the molecule is CC(=O)NC(CCCN=C(N)N)C(=O)N(CC(=O)N(CC(=O)O)c1ccccc1)c1ccccc1. The minimum atomic E-state index is -1.20. The van der Waals surface area contributed by atoms with Gasteiger partial charge in [-0.3, -0.25) is 29.1 Å². The molecule has 2 aromatic rings. The minimum absolute atomic E-state index is 0.0802. The van der Waals surface area contributed by atoms with Crippen LogP contribution in [0.2, 0.25) is 0 Å². The van der Waals surface area contributed by atoms with Crippen LogP contribution >= 0.6 is 0 Å². The van der Waals surface area contributed by atoms with Gasteiger partial charge < -0.3 is 26.8 Å². The maximum Gasteiger partial charge on any atom is 0.323 e. The van der Waals surface area contributed by atoms with Gasteiger partial charge in [-0.25, -0.2) is 0 Å². The van der Waals surface area contributed by atoms with Crippen LogP contribution in [0, 0.1) is 0 Å². The van der Waals surface area contributed by atoms with Crippen molar-refractivity contribution in [3.63, 3.8) is 0 Å². The van der Waals surface area contributed by atoms with E-state index in [-0.39, 0.29) is 18.9 Å². The highest BCUT2D eigenvalue weighted by Crippen LogP contribution is 2.19. The van der Waals surface area contributed by atoms with Gasteiger partial charge in [-0.05, 0) is 37.1 Å². The molecule has 35 heavy (non-hydrogen) atoms. The number of nitrogens with one attached hydrogen (secondary N) is 1. The van der Waals surface area contributed by atoms with E-state index in [0.717, 1.165) is 4.90 Å². The highest BCUT2D eigenvalue weighted by atomic mass is 16.4. The minimum Gasteiger partial charge on any atom is -0.480 e. The Morgan fingerprint density at radius 3 is 1.94 bits per heavy atom. The number of amides is 3. The number of carboxylic acids is 1. The van der Waals surface area contributed by atoms with Gasteiger partial charge in [0.05, 0.1) is 0 Å². The number of benzene rings is 2. The first-order chi connectivity index (χ1) is 16.7. The van der Waals surface area contributed by atoms with Crippen molar-refractivity contribution in [2.45, 2.75) is 25.8 Å². The fourth-order valence-corrected chi connectivity index (χ4v) is 3.39. The van der Waals surface area contributed by atoms with Gasteiger partial charge in [0.25, 0.3) is 0 Å². The summed E-state index contributed by atoms with van der Waals surface area (Å²) in [5, 5.41) is 12.0. The molecule has 11 nitrogen and oxygen atoms in total. The molecule has 0 aliphatic rings. The summed E-state index contributed by atoms with van der Waals surface area (Å²) < 4.78 is 0. The summed E-state index contributed by atoms with van der Waals surface area (Å²) in [7, 11) is 0. The summed E-state index contributed by atoms with van der Waals surface area (Å²) in [5.74, 6) is -2.81. The average Bonchev–Trinajstić information content (AvgIpc) is 2.83. The van der Waals surface area contributed by atoms with Gasteiger partial charge in [-0.2, -0.15) is 0 Å². The largest absolute Gasteiger partial charge is 0.480 e. The van der Waals surface area contributed by atoms with E-state index in [2.05, 4.69) is 10.3 Å². The number of rotatable bonds is 12. The molecule has 0 fully saturated rings. The van der Waals surface area contributed by atoms with Crippen molar-refractivity contribution in [3.05, 3.63) is 60.7 Å². The molecule has 0 spiro atoms. The molecule has 0 aliphatic carbocycles. The second kappa shape index (κ2) is 13.3. The smallest absolute Gasteiger partial charge is 0.323 e. The van der Waals surface area contributed by atoms with E-state index < -0.39 is 42.8 Å². The maximum atomic E-state index is 13.6. The van der Waals surface area contributed by atoms with E-state index >= 15 is 0 Å². The Morgan fingerprint density at radius 2 is 1.46 bits per heavy atom. The molecule has 0 aliphatic heterocycles. The van der Waals surface area contributed by atoms with Gasteiger partial charge in [-0.15, -0.1) is 0 Å². The number of carbonyl (C=O) groups excluding carboxylic acids is 3. The molecule has 0 saturated heterocycles. The number of hydrogen-bond acceptors (Lipinski definition) is 5.